The summed E-state index contributed by atoms with van der Waals surface area (Å²) in [5.41, 5.74) is -1.05. The van der Waals surface area contributed by atoms with Gasteiger partial charge >= 0.3 is 12.1 Å². The summed E-state index contributed by atoms with van der Waals surface area (Å²) in [6.45, 7) is 1.44. The third-order valence-electron chi connectivity index (χ3n) is 2.47. The van der Waals surface area contributed by atoms with E-state index in [2.05, 4.69) is 10.3 Å². The van der Waals surface area contributed by atoms with E-state index in [1.54, 1.807) is 0 Å². The number of rotatable bonds is 5. The first-order chi connectivity index (χ1) is 9.21. The van der Waals surface area contributed by atoms with Gasteiger partial charge in [-0.25, -0.2) is 4.98 Å². The number of carboxylic acid groups (broad SMARTS) is 1. The van der Waals surface area contributed by atoms with Crippen molar-refractivity contribution in [3.63, 3.8) is 0 Å². The molecule has 5 nitrogen and oxygen atoms in total. The first-order valence-corrected chi connectivity index (χ1v) is 5.76. The van der Waals surface area contributed by atoms with Crippen molar-refractivity contribution in [1.29, 1.82) is 0 Å². The molecule has 0 fully saturated rings. The molecule has 1 amide bonds. The summed E-state index contributed by atoms with van der Waals surface area (Å²) in [4.78, 5) is 25.3. The minimum Gasteiger partial charge on any atom is -0.481 e. The van der Waals surface area contributed by atoms with Crippen molar-refractivity contribution in [3.05, 3.63) is 29.1 Å². The molecule has 0 radical (unpaired) electrons. The number of aromatic nitrogens is 1. The lowest BCUT2D eigenvalue weighted by Crippen LogP contribution is -2.26. The highest BCUT2D eigenvalue weighted by Gasteiger charge is 2.32. The average Bonchev–Trinajstić information content (AvgIpc) is 2.32. The predicted octanol–water partition coefficient (Wildman–Crippen LogP) is 2.00. The second kappa shape index (κ2) is 6.36. The van der Waals surface area contributed by atoms with E-state index in [4.69, 9.17) is 5.11 Å². The molecule has 0 unspecified atom stereocenters. The molecule has 0 bridgehead atoms. The summed E-state index contributed by atoms with van der Waals surface area (Å²) >= 11 is 0. The van der Waals surface area contributed by atoms with Crippen LogP contribution in [-0.2, 0) is 11.0 Å². The fourth-order valence-corrected chi connectivity index (χ4v) is 1.50. The Morgan fingerprint density at radius 3 is 2.50 bits per heavy atom. The van der Waals surface area contributed by atoms with Crippen LogP contribution in [0.4, 0.5) is 13.2 Å². The van der Waals surface area contributed by atoms with Gasteiger partial charge in [-0.3, -0.25) is 9.59 Å². The number of carbonyl (C=O) groups is 2. The van der Waals surface area contributed by atoms with Gasteiger partial charge in [-0.05, 0) is 25.5 Å². The number of pyridine rings is 1. The highest BCUT2D eigenvalue weighted by Crippen LogP contribution is 2.28. The van der Waals surface area contributed by atoms with Crippen LogP contribution in [0.5, 0.6) is 0 Å². The van der Waals surface area contributed by atoms with Gasteiger partial charge in [0.25, 0.3) is 5.91 Å². The summed E-state index contributed by atoms with van der Waals surface area (Å²) in [6.07, 6.45) is -4.40. The van der Waals surface area contributed by atoms with Crippen molar-refractivity contribution in [3.8, 4) is 0 Å². The number of aliphatic carboxylic acids is 1. The molecule has 0 aromatic carbocycles. The van der Waals surface area contributed by atoms with E-state index >= 15 is 0 Å². The third kappa shape index (κ3) is 4.52. The molecule has 0 atom stereocenters. The molecule has 110 valence electrons. The lowest BCUT2D eigenvalue weighted by molar-refractivity contribution is -0.141. The fraction of sp³-hybridized carbons (Fsp3) is 0.417. The largest absolute Gasteiger partial charge is 0.481 e. The van der Waals surface area contributed by atoms with Crippen LogP contribution < -0.4 is 5.32 Å². The topological polar surface area (TPSA) is 79.3 Å². The van der Waals surface area contributed by atoms with Crippen LogP contribution in [0.1, 0.15) is 34.6 Å². The Balaban J connectivity index is 2.67. The number of aryl methyl sites for hydroxylation is 1. The van der Waals surface area contributed by atoms with Crippen molar-refractivity contribution in [2.75, 3.05) is 6.54 Å². The van der Waals surface area contributed by atoms with E-state index < -0.39 is 23.7 Å². The van der Waals surface area contributed by atoms with E-state index in [9.17, 15) is 22.8 Å². The van der Waals surface area contributed by atoms with Gasteiger partial charge in [-0.15, -0.1) is 0 Å². The van der Waals surface area contributed by atoms with Crippen LogP contribution in [0.3, 0.4) is 0 Å². The first-order valence-electron chi connectivity index (χ1n) is 5.76. The van der Waals surface area contributed by atoms with Gasteiger partial charge in [-0.1, -0.05) is 0 Å². The Kier molecular flexibility index (Phi) is 5.06. The van der Waals surface area contributed by atoms with Gasteiger partial charge in [0.2, 0.25) is 0 Å². The van der Waals surface area contributed by atoms with Gasteiger partial charge in [-0.2, -0.15) is 13.2 Å². The van der Waals surface area contributed by atoms with E-state index in [0.29, 0.717) is 0 Å². The normalized spacial score (nSPS) is 11.2. The van der Waals surface area contributed by atoms with Crippen molar-refractivity contribution in [2.24, 2.45) is 0 Å². The Bertz CT molecular complexity index is 515. The summed E-state index contributed by atoms with van der Waals surface area (Å²) in [7, 11) is 0. The van der Waals surface area contributed by atoms with Crippen molar-refractivity contribution >= 4 is 11.9 Å². The zero-order chi connectivity index (χ0) is 15.3. The molecule has 0 saturated carbocycles. The maximum atomic E-state index is 12.4. The number of carbonyl (C=O) groups excluding carboxylic acids is 1. The predicted molar refractivity (Wildman–Crippen MR) is 63.2 cm³/mol. The molecule has 0 aliphatic rings. The molecule has 0 saturated heterocycles. The van der Waals surface area contributed by atoms with Crippen molar-refractivity contribution < 1.29 is 27.9 Å². The van der Waals surface area contributed by atoms with Gasteiger partial charge in [0.15, 0.2) is 0 Å². The number of alkyl halides is 3. The molecule has 1 aromatic heterocycles. The van der Waals surface area contributed by atoms with Gasteiger partial charge in [0.05, 0.1) is 11.3 Å². The lowest BCUT2D eigenvalue weighted by Gasteiger charge is -2.10. The average molecular weight is 290 g/mol. The number of nitrogens with zero attached hydrogens (tertiary/aromatic N) is 1. The molecular weight excluding hydrogens is 277 g/mol. The minimum absolute atomic E-state index is 0.0319. The number of hydrogen-bond donors (Lipinski definition) is 2. The maximum absolute atomic E-state index is 12.4. The van der Waals surface area contributed by atoms with Crippen LogP contribution in [0.25, 0.3) is 0 Å². The van der Waals surface area contributed by atoms with E-state index in [1.807, 2.05) is 0 Å². The highest BCUT2D eigenvalue weighted by molar-refractivity contribution is 5.95. The number of nitrogens with one attached hydrogen (secondary N) is 1. The zero-order valence-corrected chi connectivity index (χ0v) is 10.6. The van der Waals surface area contributed by atoms with Crippen LogP contribution >= 0.6 is 0 Å². The smallest absolute Gasteiger partial charge is 0.433 e. The lowest BCUT2D eigenvalue weighted by atomic mass is 10.1. The van der Waals surface area contributed by atoms with Crippen molar-refractivity contribution in [1.82, 2.24) is 10.3 Å². The van der Waals surface area contributed by atoms with Crippen LogP contribution in [0, 0.1) is 6.92 Å². The third-order valence-corrected chi connectivity index (χ3v) is 2.47. The number of carboxylic acids is 1. The van der Waals surface area contributed by atoms with Gasteiger partial charge in [0.1, 0.15) is 5.69 Å². The summed E-state index contributed by atoms with van der Waals surface area (Å²) in [5, 5.41) is 10.8. The maximum Gasteiger partial charge on any atom is 0.433 e. The molecule has 0 aliphatic carbocycles. The van der Waals surface area contributed by atoms with Crippen LogP contribution in [0.2, 0.25) is 0 Å². The number of hydrogen-bond acceptors (Lipinski definition) is 3. The molecule has 1 rings (SSSR count). The minimum atomic E-state index is -4.55. The molecule has 1 aromatic rings. The zero-order valence-electron chi connectivity index (χ0n) is 10.6. The highest BCUT2D eigenvalue weighted by atomic mass is 19.4. The molecule has 2 N–H and O–H groups in total. The Morgan fingerprint density at radius 1 is 1.35 bits per heavy atom. The number of halogens is 3. The van der Waals surface area contributed by atoms with Gasteiger partial charge in [0, 0.05) is 13.0 Å². The Hall–Kier alpha value is -2.12. The second-order valence-corrected chi connectivity index (χ2v) is 4.08. The first kappa shape index (κ1) is 15.9. The quantitative estimate of drug-likeness (QED) is 0.813. The van der Waals surface area contributed by atoms with Crippen LogP contribution in [-0.4, -0.2) is 28.5 Å². The number of amides is 1. The summed E-state index contributed by atoms with van der Waals surface area (Å²) in [6, 6.07) is 1.79. The summed E-state index contributed by atoms with van der Waals surface area (Å²) < 4.78 is 37.2. The molecular formula is C12H13F3N2O3. The molecule has 20 heavy (non-hydrogen) atoms. The molecule has 1 heterocycles. The van der Waals surface area contributed by atoms with E-state index in [-0.39, 0.29) is 30.6 Å². The summed E-state index contributed by atoms with van der Waals surface area (Å²) in [5.74, 6) is -1.55. The van der Waals surface area contributed by atoms with E-state index in [1.165, 1.54) is 6.92 Å². The Labute approximate surface area is 112 Å². The van der Waals surface area contributed by atoms with E-state index in [0.717, 1.165) is 12.1 Å². The second-order valence-electron chi connectivity index (χ2n) is 4.08. The Morgan fingerprint density at radius 2 is 2.00 bits per heavy atom. The SMILES string of the molecule is Cc1nc(C(F)(F)F)ccc1C(=O)NCCCC(=O)O. The van der Waals surface area contributed by atoms with Crippen molar-refractivity contribution in [2.45, 2.75) is 25.9 Å². The molecule has 8 heteroatoms. The molecule has 0 aliphatic heterocycles. The standard InChI is InChI=1S/C12H13F3N2O3/c1-7-8(4-5-9(17-7)12(13,14)15)11(20)16-6-2-3-10(18)19/h4-5H,2-3,6H2,1H3,(H,16,20)(H,18,19). The monoisotopic (exact) mass is 290 g/mol. The van der Waals surface area contributed by atoms with Gasteiger partial charge < -0.3 is 10.4 Å². The molecule has 0 spiro atoms. The van der Waals surface area contributed by atoms with Crippen LogP contribution in [0.15, 0.2) is 12.1 Å². The fourth-order valence-electron chi connectivity index (χ4n) is 1.50.